The van der Waals surface area contributed by atoms with E-state index in [-0.39, 0.29) is 5.78 Å². The van der Waals surface area contributed by atoms with E-state index in [0.29, 0.717) is 36.4 Å². The number of benzene rings is 3. The number of allylic oxidation sites excluding steroid dienone is 3. The lowest BCUT2D eigenvalue weighted by Crippen LogP contribution is -2.39. The Kier molecular flexibility index (Phi) is 7.49. The van der Waals surface area contributed by atoms with Gasteiger partial charge in [-0.25, -0.2) is 0 Å². The van der Waals surface area contributed by atoms with Crippen molar-refractivity contribution >= 4 is 27.4 Å². The highest BCUT2D eigenvalue weighted by Crippen LogP contribution is 2.47. The number of carbonyl (C=O) groups is 1. The molecule has 3 aromatic rings. The molecule has 1 unspecified atom stereocenters. The normalized spacial score (nSPS) is 17.2. The highest BCUT2D eigenvalue weighted by Gasteiger charge is 2.41. The second-order valence-electron chi connectivity index (χ2n) is 9.90. The van der Waals surface area contributed by atoms with Crippen molar-refractivity contribution in [2.24, 2.45) is 5.73 Å². The van der Waals surface area contributed by atoms with Gasteiger partial charge in [0.05, 0.1) is 24.7 Å². The van der Waals surface area contributed by atoms with Gasteiger partial charge in [-0.05, 0) is 91.4 Å². The van der Waals surface area contributed by atoms with Gasteiger partial charge in [-0.3, -0.25) is 9.69 Å². The molecule has 0 amide bonds. The summed E-state index contributed by atoms with van der Waals surface area (Å²) in [5.74, 6) is 1.40. The van der Waals surface area contributed by atoms with Crippen LogP contribution in [-0.4, -0.2) is 12.9 Å². The van der Waals surface area contributed by atoms with Gasteiger partial charge in [-0.2, -0.15) is 5.26 Å². The number of Topliss-reactive ketones (excluding diaryl/α,β-unsaturated/α-hetero) is 1. The molecule has 0 bridgehead atoms. The second-order valence-corrected chi connectivity index (χ2v) is 10.8. The Bertz CT molecular complexity index is 1550. The first kappa shape index (κ1) is 26.6. The van der Waals surface area contributed by atoms with E-state index < -0.39 is 5.92 Å². The first-order valence-electron chi connectivity index (χ1n) is 12.9. The van der Waals surface area contributed by atoms with Gasteiger partial charge in [0.25, 0.3) is 0 Å². The van der Waals surface area contributed by atoms with Crippen molar-refractivity contribution in [3.05, 3.63) is 110 Å². The van der Waals surface area contributed by atoms with Crippen LogP contribution in [0.5, 0.6) is 11.5 Å². The molecule has 198 valence electrons. The van der Waals surface area contributed by atoms with Crippen LogP contribution in [0.2, 0.25) is 0 Å². The molecule has 3 aromatic carbocycles. The lowest BCUT2D eigenvalue weighted by molar-refractivity contribution is -0.116. The van der Waals surface area contributed by atoms with Crippen molar-refractivity contribution in [2.75, 3.05) is 12.0 Å². The van der Waals surface area contributed by atoms with Crippen molar-refractivity contribution in [2.45, 2.75) is 45.6 Å². The van der Waals surface area contributed by atoms with Crippen LogP contribution < -0.4 is 20.1 Å². The Hall–Kier alpha value is -4.02. The number of rotatable bonds is 6. The van der Waals surface area contributed by atoms with E-state index in [1.165, 1.54) is 0 Å². The van der Waals surface area contributed by atoms with Crippen molar-refractivity contribution in [1.82, 2.24) is 0 Å². The molecule has 0 aromatic heterocycles. The third kappa shape index (κ3) is 5.05. The van der Waals surface area contributed by atoms with Crippen molar-refractivity contribution in [1.29, 1.82) is 5.26 Å². The summed E-state index contributed by atoms with van der Waals surface area (Å²) in [5, 5.41) is 10.4. The van der Waals surface area contributed by atoms with Gasteiger partial charge >= 0.3 is 0 Å². The molecule has 0 radical (unpaired) electrons. The van der Waals surface area contributed by atoms with Crippen LogP contribution in [0.4, 0.5) is 5.69 Å². The van der Waals surface area contributed by atoms with Gasteiger partial charge in [-0.15, -0.1) is 0 Å². The van der Waals surface area contributed by atoms with Gasteiger partial charge in [0.1, 0.15) is 23.9 Å². The summed E-state index contributed by atoms with van der Waals surface area (Å²) in [6.07, 6.45) is 1.92. The number of ether oxygens (including phenoxy) is 2. The van der Waals surface area contributed by atoms with Crippen molar-refractivity contribution in [3.8, 4) is 17.6 Å². The summed E-state index contributed by atoms with van der Waals surface area (Å²) in [6.45, 7) is 4.42. The molecule has 2 aliphatic rings. The van der Waals surface area contributed by atoms with Crippen LogP contribution in [0.15, 0.2) is 87.8 Å². The molecule has 0 saturated carbocycles. The number of nitrogens with two attached hydrogens (primary N) is 1. The fourth-order valence-electron chi connectivity index (χ4n) is 5.52. The lowest BCUT2D eigenvalue weighted by Gasteiger charge is -2.40. The van der Waals surface area contributed by atoms with Gasteiger partial charge < -0.3 is 15.2 Å². The minimum absolute atomic E-state index is 0.0671. The second kappa shape index (κ2) is 11.0. The molecule has 1 aliphatic heterocycles. The molecular formula is C32H30BrN3O3. The number of hydrogen-bond donors (Lipinski definition) is 1. The minimum atomic E-state index is -0.526. The monoisotopic (exact) mass is 583 g/mol. The van der Waals surface area contributed by atoms with Crippen molar-refractivity contribution in [3.63, 3.8) is 0 Å². The molecule has 5 rings (SSSR count). The third-order valence-electron chi connectivity index (χ3n) is 7.47. The van der Waals surface area contributed by atoms with E-state index in [1.54, 1.807) is 7.11 Å². The van der Waals surface area contributed by atoms with Crippen LogP contribution in [0, 0.1) is 25.2 Å². The number of nitriles is 1. The Balaban J connectivity index is 1.60. The molecule has 1 atom stereocenters. The number of halogens is 1. The van der Waals surface area contributed by atoms with E-state index in [1.807, 2.05) is 67.3 Å². The molecule has 0 fully saturated rings. The number of nitrogens with zero attached hydrogens (tertiary/aromatic N) is 2. The van der Waals surface area contributed by atoms with E-state index in [9.17, 15) is 10.1 Å². The summed E-state index contributed by atoms with van der Waals surface area (Å²) in [6, 6.07) is 21.8. The zero-order valence-corrected chi connectivity index (χ0v) is 23.8. The minimum Gasteiger partial charge on any atom is -0.497 e. The predicted octanol–water partition coefficient (Wildman–Crippen LogP) is 6.96. The highest BCUT2D eigenvalue weighted by atomic mass is 79.9. The standard InChI is InChI=1S/C32H30BrN3O3/c1-19-14-20(2)26(15-21(19)18-39-25-12-10-24(38-3)11-13-25)30-27(17-34)32(35)36(23-7-4-6-22(33)16-23)28-8-5-9-29(37)31(28)30/h4,6-7,10-16,30H,5,8-9,18,35H2,1-3H3. The number of carbonyl (C=O) groups excluding carboxylic acids is 1. The molecule has 7 heteroatoms. The zero-order chi connectivity index (χ0) is 27.7. The number of methoxy groups -OCH3 is 1. The van der Waals surface area contributed by atoms with Gasteiger partial charge in [0.2, 0.25) is 0 Å². The highest BCUT2D eigenvalue weighted by molar-refractivity contribution is 9.10. The maximum atomic E-state index is 13.5. The summed E-state index contributed by atoms with van der Waals surface area (Å²) in [7, 11) is 1.63. The molecule has 6 nitrogen and oxygen atoms in total. The first-order valence-corrected chi connectivity index (χ1v) is 13.7. The van der Waals surface area contributed by atoms with E-state index in [2.05, 4.69) is 34.1 Å². The molecule has 2 N–H and O–H groups in total. The molecule has 0 saturated heterocycles. The topological polar surface area (TPSA) is 88.6 Å². The van der Waals surface area contributed by atoms with Gasteiger partial charge in [0.15, 0.2) is 5.78 Å². The largest absolute Gasteiger partial charge is 0.497 e. The molecule has 1 aliphatic carbocycles. The molecule has 0 spiro atoms. The van der Waals surface area contributed by atoms with Gasteiger partial charge in [0, 0.05) is 27.9 Å². The first-order chi connectivity index (χ1) is 18.8. The Morgan fingerprint density at radius 3 is 2.49 bits per heavy atom. The SMILES string of the molecule is COc1ccc(OCc2cc(C3C(C#N)=C(N)N(c4cccc(Br)c4)C4=C3C(=O)CCC4)c(C)cc2C)cc1. The van der Waals surface area contributed by atoms with E-state index in [0.717, 1.165) is 56.0 Å². The smallest absolute Gasteiger partial charge is 0.161 e. The Labute approximate surface area is 237 Å². The lowest BCUT2D eigenvalue weighted by atomic mass is 9.74. The van der Waals surface area contributed by atoms with Crippen LogP contribution in [0.25, 0.3) is 0 Å². The number of anilines is 1. The number of aryl methyl sites for hydroxylation is 2. The van der Waals surface area contributed by atoms with E-state index in [4.69, 9.17) is 15.2 Å². The summed E-state index contributed by atoms with van der Waals surface area (Å²) in [4.78, 5) is 15.4. The predicted molar refractivity (Wildman–Crippen MR) is 155 cm³/mol. The van der Waals surface area contributed by atoms with Crippen molar-refractivity contribution < 1.29 is 14.3 Å². The van der Waals surface area contributed by atoms with Gasteiger partial charge in [-0.1, -0.05) is 34.1 Å². The van der Waals surface area contributed by atoms with Crippen LogP contribution in [0.1, 0.15) is 47.4 Å². The summed E-state index contributed by atoms with van der Waals surface area (Å²) < 4.78 is 12.2. The summed E-state index contributed by atoms with van der Waals surface area (Å²) >= 11 is 3.54. The molecule has 39 heavy (non-hydrogen) atoms. The molecular weight excluding hydrogens is 554 g/mol. The Morgan fingerprint density at radius 1 is 1.05 bits per heavy atom. The average molecular weight is 585 g/mol. The van der Waals surface area contributed by atoms with E-state index >= 15 is 0 Å². The zero-order valence-electron chi connectivity index (χ0n) is 22.3. The molecule has 1 heterocycles. The maximum absolute atomic E-state index is 13.5. The quantitative estimate of drug-likeness (QED) is 0.337. The summed E-state index contributed by atoms with van der Waals surface area (Å²) in [5.41, 5.74) is 13.5. The number of hydrogen-bond acceptors (Lipinski definition) is 6. The third-order valence-corrected chi connectivity index (χ3v) is 7.96. The van der Waals surface area contributed by atoms with Crippen LogP contribution in [0.3, 0.4) is 0 Å². The van der Waals surface area contributed by atoms with Crippen LogP contribution in [-0.2, 0) is 11.4 Å². The fraction of sp³-hybridized carbons (Fsp3) is 0.250. The van der Waals surface area contributed by atoms with Crippen LogP contribution >= 0.6 is 15.9 Å². The average Bonchev–Trinajstić information content (AvgIpc) is 2.92. The number of ketones is 1. The Morgan fingerprint density at radius 2 is 1.79 bits per heavy atom. The maximum Gasteiger partial charge on any atom is 0.161 e. The fourth-order valence-corrected chi connectivity index (χ4v) is 5.91.